The van der Waals surface area contributed by atoms with Crippen LogP contribution in [0.15, 0.2) is 0 Å². The molecule has 1 N–H and O–H groups in total. The maximum absolute atomic E-state index is 3.86. The molecule has 1 aliphatic carbocycles. The second kappa shape index (κ2) is 10.7. The average molecular weight is 268 g/mol. The highest BCUT2D eigenvalue weighted by molar-refractivity contribution is 4.73. The summed E-state index contributed by atoms with van der Waals surface area (Å²) in [4.78, 5) is 2.28. The normalized spacial score (nSPS) is 22.7. The first-order chi connectivity index (χ1) is 9.18. The van der Waals surface area contributed by atoms with Crippen molar-refractivity contribution in [3.63, 3.8) is 0 Å². The summed E-state index contributed by atoms with van der Waals surface area (Å²) in [6, 6.07) is 1.38. The zero-order valence-electron chi connectivity index (χ0n) is 13.6. The summed E-state index contributed by atoms with van der Waals surface area (Å²) in [5, 5.41) is 3.86. The summed E-state index contributed by atoms with van der Waals surface area (Å²) in [6.07, 6.45) is 15.8. The van der Waals surface area contributed by atoms with E-state index in [0.717, 1.165) is 12.6 Å². The van der Waals surface area contributed by atoms with Crippen LogP contribution in [-0.2, 0) is 0 Å². The first-order valence-corrected chi connectivity index (χ1v) is 8.59. The van der Waals surface area contributed by atoms with Gasteiger partial charge in [-0.2, -0.15) is 0 Å². The van der Waals surface area contributed by atoms with Crippen LogP contribution in [-0.4, -0.2) is 37.6 Å². The molecular formula is C17H36N2. The van der Waals surface area contributed by atoms with E-state index < -0.39 is 0 Å². The van der Waals surface area contributed by atoms with Crippen LogP contribution in [0.5, 0.6) is 0 Å². The van der Waals surface area contributed by atoms with Crippen molar-refractivity contribution in [2.75, 3.05) is 20.6 Å². The molecule has 1 unspecified atom stereocenters. The Bertz CT molecular complexity index is 191. The minimum Gasteiger partial charge on any atom is -0.310 e. The van der Waals surface area contributed by atoms with Crippen LogP contribution in [0.25, 0.3) is 0 Å². The number of nitrogens with one attached hydrogen (secondary N) is 1. The lowest BCUT2D eigenvalue weighted by Gasteiger charge is -2.26. The van der Waals surface area contributed by atoms with E-state index in [-0.39, 0.29) is 0 Å². The highest BCUT2D eigenvalue weighted by atomic mass is 15.1. The van der Waals surface area contributed by atoms with Crippen molar-refractivity contribution in [3.05, 3.63) is 0 Å². The fourth-order valence-electron chi connectivity index (χ4n) is 3.33. The van der Waals surface area contributed by atoms with Gasteiger partial charge in [0.15, 0.2) is 0 Å². The van der Waals surface area contributed by atoms with E-state index >= 15 is 0 Å². The van der Waals surface area contributed by atoms with E-state index in [0.29, 0.717) is 6.04 Å². The Morgan fingerprint density at radius 1 is 0.842 bits per heavy atom. The zero-order chi connectivity index (χ0) is 13.9. The molecule has 0 aromatic heterocycles. The van der Waals surface area contributed by atoms with Crippen molar-refractivity contribution >= 4 is 0 Å². The molecule has 0 heterocycles. The van der Waals surface area contributed by atoms with Gasteiger partial charge in [0, 0.05) is 18.6 Å². The molecule has 0 radical (unpaired) electrons. The molecular weight excluding hydrogens is 232 g/mol. The van der Waals surface area contributed by atoms with Crippen LogP contribution in [0.1, 0.15) is 77.6 Å². The third-order valence-corrected chi connectivity index (χ3v) is 4.26. The minimum atomic E-state index is 0.618. The first-order valence-electron chi connectivity index (χ1n) is 8.59. The van der Waals surface area contributed by atoms with Gasteiger partial charge < -0.3 is 10.2 Å². The van der Waals surface area contributed by atoms with Crippen molar-refractivity contribution < 1.29 is 0 Å². The predicted molar refractivity (Wildman–Crippen MR) is 85.7 cm³/mol. The molecule has 2 nitrogen and oxygen atoms in total. The van der Waals surface area contributed by atoms with Crippen molar-refractivity contribution in [3.8, 4) is 0 Å². The summed E-state index contributed by atoms with van der Waals surface area (Å²) in [5.74, 6) is 0. The average Bonchev–Trinajstić information content (AvgIpc) is 2.31. The molecule has 0 spiro atoms. The molecule has 0 aromatic rings. The Morgan fingerprint density at radius 3 is 1.68 bits per heavy atom. The van der Waals surface area contributed by atoms with Gasteiger partial charge in [-0.3, -0.25) is 0 Å². The topological polar surface area (TPSA) is 15.3 Å². The van der Waals surface area contributed by atoms with Gasteiger partial charge in [0.2, 0.25) is 0 Å². The summed E-state index contributed by atoms with van der Waals surface area (Å²) in [5.41, 5.74) is 0. The third kappa shape index (κ3) is 9.45. The van der Waals surface area contributed by atoms with Gasteiger partial charge in [-0.1, -0.05) is 57.8 Å². The van der Waals surface area contributed by atoms with Crippen molar-refractivity contribution in [1.29, 1.82) is 0 Å². The molecule has 19 heavy (non-hydrogen) atoms. The van der Waals surface area contributed by atoms with Crippen LogP contribution < -0.4 is 5.32 Å². The standard InChI is InChI=1S/C17H36N2/c1-16(15-19(2)3)18-17-13-11-9-7-5-4-6-8-10-12-14-17/h16-18H,4-15H2,1-3H3. The van der Waals surface area contributed by atoms with Crippen LogP contribution in [0.3, 0.4) is 0 Å². The molecule has 0 aromatic carbocycles. The van der Waals surface area contributed by atoms with Crippen LogP contribution in [0.4, 0.5) is 0 Å². The predicted octanol–water partition coefficient (Wildman–Crippen LogP) is 4.20. The molecule has 0 aliphatic heterocycles. The Labute approximate surface area is 121 Å². The third-order valence-electron chi connectivity index (χ3n) is 4.26. The fourth-order valence-corrected chi connectivity index (χ4v) is 3.33. The molecule has 0 saturated heterocycles. The highest BCUT2D eigenvalue weighted by Crippen LogP contribution is 2.17. The maximum atomic E-state index is 3.86. The monoisotopic (exact) mass is 268 g/mol. The Hall–Kier alpha value is -0.0800. The number of hydrogen-bond acceptors (Lipinski definition) is 2. The Morgan fingerprint density at radius 2 is 1.26 bits per heavy atom. The zero-order valence-corrected chi connectivity index (χ0v) is 13.6. The number of likely N-dealkylation sites (N-methyl/N-ethyl adjacent to an activating group) is 1. The lowest BCUT2D eigenvalue weighted by molar-refractivity contribution is 0.307. The molecule has 114 valence electrons. The van der Waals surface area contributed by atoms with Crippen molar-refractivity contribution in [1.82, 2.24) is 10.2 Å². The first kappa shape index (κ1) is 17.0. The van der Waals surface area contributed by atoms with Crippen molar-refractivity contribution in [2.24, 2.45) is 0 Å². The van der Waals surface area contributed by atoms with E-state index in [1.165, 1.54) is 70.6 Å². The minimum absolute atomic E-state index is 0.618. The number of rotatable bonds is 4. The molecule has 0 bridgehead atoms. The van der Waals surface area contributed by atoms with Gasteiger partial charge >= 0.3 is 0 Å². The van der Waals surface area contributed by atoms with E-state index in [1.807, 2.05) is 0 Å². The molecule has 1 saturated carbocycles. The molecule has 1 rings (SSSR count). The lowest BCUT2D eigenvalue weighted by atomic mass is 9.97. The van der Waals surface area contributed by atoms with E-state index in [4.69, 9.17) is 0 Å². The van der Waals surface area contributed by atoms with E-state index in [2.05, 4.69) is 31.2 Å². The molecule has 2 heteroatoms. The van der Waals surface area contributed by atoms with Gasteiger partial charge in [-0.15, -0.1) is 0 Å². The van der Waals surface area contributed by atoms with Gasteiger partial charge in [0.05, 0.1) is 0 Å². The van der Waals surface area contributed by atoms with Crippen LogP contribution >= 0.6 is 0 Å². The lowest BCUT2D eigenvalue weighted by Crippen LogP contribution is -2.42. The Kier molecular flexibility index (Phi) is 9.54. The fraction of sp³-hybridized carbons (Fsp3) is 1.00. The highest BCUT2D eigenvalue weighted by Gasteiger charge is 2.12. The maximum Gasteiger partial charge on any atom is 0.0169 e. The molecule has 1 atom stereocenters. The summed E-state index contributed by atoms with van der Waals surface area (Å²) in [6.45, 7) is 3.48. The number of nitrogens with zero attached hydrogens (tertiary/aromatic N) is 1. The quantitative estimate of drug-likeness (QED) is 0.822. The molecule has 0 amide bonds. The largest absolute Gasteiger partial charge is 0.310 e. The van der Waals surface area contributed by atoms with Gasteiger partial charge in [-0.25, -0.2) is 0 Å². The number of hydrogen-bond donors (Lipinski definition) is 1. The summed E-state index contributed by atoms with van der Waals surface area (Å²) < 4.78 is 0. The molecule has 1 fully saturated rings. The van der Waals surface area contributed by atoms with E-state index in [1.54, 1.807) is 0 Å². The molecule has 1 aliphatic rings. The summed E-state index contributed by atoms with van der Waals surface area (Å²) >= 11 is 0. The van der Waals surface area contributed by atoms with Gasteiger partial charge in [0.25, 0.3) is 0 Å². The summed E-state index contributed by atoms with van der Waals surface area (Å²) in [7, 11) is 4.33. The second-order valence-electron chi connectivity index (χ2n) is 6.79. The van der Waals surface area contributed by atoms with Crippen LogP contribution in [0.2, 0.25) is 0 Å². The van der Waals surface area contributed by atoms with Crippen LogP contribution in [0, 0.1) is 0 Å². The smallest absolute Gasteiger partial charge is 0.0169 e. The van der Waals surface area contributed by atoms with Gasteiger partial charge in [0.1, 0.15) is 0 Å². The van der Waals surface area contributed by atoms with Crippen molar-refractivity contribution in [2.45, 2.75) is 89.6 Å². The second-order valence-corrected chi connectivity index (χ2v) is 6.79. The SMILES string of the molecule is CC(CN(C)C)NC1CCCCCCCCCCC1. The van der Waals surface area contributed by atoms with E-state index in [9.17, 15) is 0 Å². The van der Waals surface area contributed by atoms with Gasteiger partial charge in [-0.05, 0) is 33.9 Å². The Balaban J connectivity index is 2.29.